The first-order chi connectivity index (χ1) is 11.4. The van der Waals surface area contributed by atoms with Crippen LogP contribution < -0.4 is 10.0 Å². The van der Waals surface area contributed by atoms with Gasteiger partial charge in [0.15, 0.2) is 5.66 Å². The van der Waals surface area contributed by atoms with Crippen LogP contribution >= 0.6 is 0 Å². The first-order valence-electron chi connectivity index (χ1n) is 7.66. The van der Waals surface area contributed by atoms with Gasteiger partial charge in [0.05, 0.1) is 5.75 Å². The second-order valence-corrected chi connectivity index (χ2v) is 7.49. The number of amides is 1. The summed E-state index contributed by atoms with van der Waals surface area (Å²) in [5.74, 6) is 2.25. The third-order valence-corrected chi connectivity index (χ3v) is 4.95. The van der Waals surface area contributed by atoms with E-state index < -0.39 is 15.7 Å². The molecule has 7 nitrogen and oxygen atoms in total. The van der Waals surface area contributed by atoms with Crippen LogP contribution in [0.15, 0.2) is 34.5 Å². The number of terminal acetylenes is 1. The highest BCUT2D eigenvalue weighted by Gasteiger charge is 2.38. The molecule has 128 valence electrons. The van der Waals surface area contributed by atoms with Crippen LogP contribution in [0.1, 0.15) is 36.5 Å². The molecule has 24 heavy (non-hydrogen) atoms. The van der Waals surface area contributed by atoms with E-state index in [1.54, 1.807) is 25.1 Å². The maximum atomic E-state index is 12.2. The molecule has 1 aromatic rings. The van der Waals surface area contributed by atoms with Gasteiger partial charge in [-0.1, -0.05) is 6.07 Å². The van der Waals surface area contributed by atoms with Crippen LogP contribution in [0.3, 0.4) is 0 Å². The number of nitrogens with one attached hydrogen (secondary N) is 2. The van der Waals surface area contributed by atoms with Crippen molar-refractivity contribution in [1.29, 1.82) is 0 Å². The Morgan fingerprint density at radius 3 is 2.71 bits per heavy atom. The summed E-state index contributed by atoms with van der Waals surface area (Å²) >= 11 is 0. The van der Waals surface area contributed by atoms with Crippen molar-refractivity contribution in [2.75, 3.05) is 17.0 Å². The summed E-state index contributed by atoms with van der Waals surface area (Å²) in [6.45, 7) is 1.96. The van der Waals surface area contributed by atoms with Gasteiger partial charge in [-0.05, 0) is 25.1 Å². The van der Waals surface area contributed by atoms with Crippen molar-refractivity contribution in [2.45, 2.75) is 31.8 Å². The third-order valence-electron chi connectivity index (χ3n) is 3.64. The van der Waals surface area contributed by atoms with Gasteiger partial charge in [0.1, 0.15) is 0 Å². The van der Waals surface area contributed by atoms with Crippen molar-refractivity contribution in [3.8, 4) is 12.3 Å². The smallest absolute Gasteiger partial charge is 0.251 e. The Hall–Kier alpha value is -2.40. The van der Waals surface area contributed by atoms with E-state index in [0.29, 0.717) is 37.1 Å². The lowest BCUT2D eigenvalue weighted by Crippen LogP contribution is -2.28. The van der Waals surface area contributed by atoms with E-state index in [1.165, 1.54) is 6.07 Å². The van der Waals surface area contributed by atoms with E-state index >= 15 is 0 Å². The molecule has 1 heterocycles. The van der Waals surface area contributed by atoms with Crippen LogP contribution in [0.25, 0.3) is 0 Å². The molecule has 1 aliphatic rings. The van der Waals surface area contributed by atoms with Gasteiger partial charge in [-0.15, -0.1) is 12.3 Å². The number of carbonyl (C=O) groups excluding carboxylic acids is 1. The predicted octanol–water partition coefficient (Wildman–Crippen LogP) is 2.14. The van der Waals surface area contributed by atoms with Gasteiger partial charge in [-0.3, -0.25) is 9.52 Å². The van der Waals surface area contributed by atoms with E-state index in [1.807, 2.05) is 0 Å². The fourth-order valence-electron chi connectivity index (χ4n) is 2.12. The van der Waals surface area contributed by atoms with E-state index in [0.717, 1.165) is 0 Å². The third kappa shape index (κ3) is 5.06. The summed E-state index contributed by atoms with van der Waals surface area (Å²) in [5.41, 5.74) is 0.314. The van der Waals surface area contributed by atoms with Gasteiger partial charge < -0.3 is 5.32 Å². The van der Waals surface area contributed by atoms with Gasteiger partial charge in [0, 0.05) is 37.1 Å². The summed E-state index contributed by atoms with van der Waals surface area (Å²) in [4.78, 5) is 12.2. The molecule has 0 aliphatic carbocycles. The van der Waals surface area contributed by atoms with Crippen LogP contribution in [-0.4, -0.2) is 32.3 Å². The molecular formula is C16H20N4O3S. The van der Waals surface area contributed by atoms with Crippen molar-refractivity contribution in [1.82, 2.24) is 5.32 Å². The van der Waals surface area contributed by atoms with Gasteiger partial charge >= 0.3 is 0 Å². The Kier molecular flexibility index (Phi) is 5.57. The molecule has 1 aliphatic heterocycles. The maximum absolute atomic E-state index is 12.2. The molecule has 0 bridgehead atoms. The molecule has 1 aromatic carbocycles. The van der Waals surface area contributed by atoms with Crippen molar-refractivity contribution >= 4 is 21.6 Å². The molecule has 0 radical (unpaired) electrons. The molecule has 0 saturated heterocycles. The monoisotopic (exact) mass is 348 g/mol. The number of hydrogen-bond donors (Lipinski definition) is 2. The first-order valence-corrected chi connectivity index (χ1v) is 9.31. The minimum Gasteiger partial charge on any atom is -0.352 e. The highest BCUT2D eigenvalue weighted by Crippen LogP contribution is 2.36. The average Bonchev–Trinajstić information content (AvgIpc) is 3.33. The number of rotatable bonds is 9. The molecule has 8 heteroatoms. The standard InChI is InChI=1S/C16H20N4O3S/c1-3-5-9-16(19-20-16)10-11-17-15(21)13-7-6-8-14(12-13)18-24(22,23)4-2/h1,6-8,12,18H,4-5,9-11H2,2H3,(H,17,21). The molecule has 2 rings (SSSR count). The summed E-state index contributed by atoms with van der Waals surface area (Å²) in [7, 11) is -3.37. The molecule has 0 unspecified atom stereocenters. The quantitative estimate of drug-likeness (QED) is 0.669. The van der Waals surface area contributed by atoms with Gasteiger partial charge in [-0.2, -0.15) is 10.2 Å². The van der Waals surface area contributed by atoms with Gasteiger partial charge in [0.2, 0.25) is 10.0 Å². The lowest BCUT2D eigenvalue weighted by Gasteiger charge is -2.11. The van der Waals surface area contributed by atoms with E-state index in [-0.39, 0.29) is 11.7 Å². The van der Waals surface area contributed by atoms with Crippen molar-refractivity contribution in [2.24, 2.45) is 10.2 Å². The molecule has 2 N–H and O–H groups in total. The summed E-state index contributed by atoms with van der Waals surface area (Å²) in [6, 6.07) is 6.35. The molecule has 0 atom stereocenters. The Balaban J connectivity index is 1.88. The van der Waals surface area contributed by atoms with Crippen molar-refractivity contribution in [3.63, 3.8) is 0 Å². The average molecular weight is 348 g/mol. The van der Waals surface area contributed by atoms with Gasteiger partial charge in [-0.25, -0.2) is 8.42 Å². The number of nitrogens with zero attached hydrogens (tertiary/aromatic N) is 2. The highest BCUT2D eigenvalue weighted by atomic mass is 32.2. The Morgan fingerprint density at radius 1 is 1.33 bits per heavy atom. The minimum atomic E-state index is -3.37. The molecule has 1 amide bonds. The Bertz CT molecular complexity index is 775. The van der Waals surface area contributed by atoms with Crippen LogP contribution in [-0.2, 0) is 10.0 Å². The summed E-state index contributed by atoms with van der Waals surface area (Å²) < 4.78 is 25.6. The van der Waals surface area contributed by atoms with Crippen LogP contribution in [0.5, 0.6) is 0 Å². The van der Waals surface area contributed by atoms with E-state index in [9.17, 15) is 13.2 Å². The SMILES string of the molecule is C#CCCC1(CCNC(=O)c2cccc(NS(=O)(=O)CC)c2)N=N1. The topological polar surface area (TPSA) is 100.0 Å². The maximum Gasteiger partial charge on any atom is 0.251 e. The highest BCUT2D eigenvalue weighted by molar-refractivity contribution is 7.92. The predicted molar refractivity (Wildman–Crippen MR) is 92.1 cm³/mol. The summed E-state index contributed by atoms with van der Waals surface area (Å²) in [6.07, 6.45) is 7.12. The van der Waals surface area contributed by atoms with Gasteiger partial charge in [0.25, 0.3) is 5.91 Å². The molecular weight excluding hydrogens is 328 g/mol. The van der Waals surface area contributed by atoms with Crippen LogP contribution in [0.2, 0.25) is 0 Å². The first kappa shape index (κ1) is 17.9. The Morgan fingerprint density at radius 2 is 2.08 bits per heavy atom. The zero-order valence-electron chi connectivity index (χ0n) is 13.4. The number of carbonyl (C=O) groups is 1. The molecule has 0 spiro atoms. The van der Waals surface area contributed by atoms with Crippen molar-refractivity contribution < 1.29 is 13.2 Å². The van der Waals surface area contributed by atoms with E-state index in [4.69, 9.17) is 6.42 Å². The lowest BCUT2D eigenvalue weighted by atomic mass is 10.0. The van der Waals surface area contributed by atoms with Crippen LogP contribution in [0, 0.1) is 12.3 Å². The second kappa shape index (κ2) is 7.45. The largest absolute Gasteiger partial charge is 0.352 e. The second-order valence-electron chi connectivity index (χ2n) is 5.48. The van der Waals surface area contributed by atoms with Crippen molar-refractivity contribution in [3.05, 3.63) is 29.8 Å². The zero-order chi connectivity index (χ0) is 17.6. The number of benzene rings is 1. The summed E-state index contributed by atoms with van der Waals surface area (Å²) in [5, 5.41) is 10.8. The fourth-order valence-corrected chi connectivity index (χ4v) is 2.75. The number of hydrogen-bond acceptors (Lipinski definition) is 5. The molecule has 0 saturated carbocycles. The zero-order valence-corrected chi connectivity index (χ0v) is 14.3. The number of sulfonamides is 1. The fraction of sp³-hybridized carbons (Fsp3) is 0.438. The van der Waals surface area contributed by atoms with Crippen LogP contribution in [0.4, 0.5) is 5.69 Å². The lowest BCUT2D eigenvalue weighted by molar-refractivity contribution is 0.0952. The number of anilines is 1. The minimum absolute atomic E-state index is 0.0316. The van der Waals surface area contributed by atoms with E-state index in [2.05, 4.69) is 26.2 Å². The Labute approximate surface area is 142 Å². The molecule has 0 aromatic heterocycles. The normalized spacial score (nSPS) is 14.7. The molecule has 0 fully saturated rings.